The summed E-state index contributed by atoms with van der Waals surface area (Å²) in [4.78, 5) is 27.1. The molecular weight excluding hydrogens is 591 g/mol. The van der Waals surface area contributed by atoms with Gasteiger partial charge >= 0.3 is 0 Å². The number of nitrogens with one attached hydrogen (secondary N) is 1. The highest BCUT2D eigenvalue weighted by Gasteiger charge is 2.31. The molecule has 4 aromatic rings. The predicted octanol–water partition coefficient (Wildman–Crippen LogP) is 9.54. The molecule has 7 heteroatoms. The third-order valence-electron chi connectivity index (χ3n) is 8.34. The number of carbonyl (C=O) groups excluding carboxylic acids is 2. The van der Waals surface area contributed by atoms with Crippen molar-refractivity contribution in [1.82, 2.24) is 4.57 Å². The number of methoxy groups -OCH3 is 2. The van der Waals surface area contributed by atoms with Crippen molar-refractivity contribution in [2.45, 2.75) is 85.0 Å². The summed E-state index contributed by atoms with van der Waals surface area (Å²) in [5.74, 6) is -0.385. The number of benzene rings is 3. The van der Waals surface area contributed by atoms with E-state index in [0.29, 0.717) is 43.5 Å². The Bertz CT molecular complexity index is 1610. The topological polar surface area (TPSA) is 69.6 Å². The second-order valence-electron chi connectivity index (χ2n) is 13.7. The fourth-order valence-electron chi connectivity index (χ4n) is 6.29. The molecule has 1 aromatic heterocycles. The number of carbonyl (C=O) groups is 2. The van der Waals surface area contributed by atoms with Gasteiger partial charge in [0.25, 0.3) is 5.91 Å². The lowest BCUT2D eigenvalue weighted by molar-refractivity contribution is -0.123. The lowest BCUT2D eigenvalue weighted by Crippen LogP contribution is -2.27. The first-order valence-electron chi connectivity index (χ1n) is 16.4. The Morgan fingerprint density at radius 2 is 1.43 bits per heavy atom. The van der Waals surface area contributed by atoms with Crippen LogP contribution in [-0.2, 0) is 20.8 Å². The van der Waals surface area contributed by atoms with Gasteiger partial charge in [-0.05, 0) is 65.3 Å². The molecule has 1 N–H and O–H groups in total. The summed E-state index contributed by atoms with van der Waals surface area (Å²) >= 11 is 0. The van der Waals surface area contributed by atoms with Crippen LogP contribution in [0.3, 0.4) is 0 Å². The van der Waals surface area contributed by atoms with E-state index in [1.165, 1.54) is 12.1 Å². The molecule has 1 heterocycles. The molecule has 4 rings (SSSR count). The maximum atomic E-state index is 14.3. The largest absolute Gasteiger partial charge is 0.381 e. The standard InChI is InChI=1S/C40H49FN2O4/c1-27(2)37-36(39(45)42-31-16-12-9-13-17-31)35(28-14-10-8-11-15-28)38(29-18-20-30(41)21-19-29)43(37)23-22-33(46-6)25-34(47-7)24-32(44)26-40(3,4)5/h8-21,27,33-34H,22-26H2,1-7H3,(H,42,45)/t33-,34+/m1/s1. The third kappa shape index (κ3) is 9.49. The Morgan fingerprint density at radius 3 is 1.98 bits per heavy atom. The number of para-hydroxylation sites is 1. The number of amides is 1. The van der Waals surface area contributed by atoms with Crippen LogP contribution in [0, 0.1) is 11.2 Å². The summed E-state index contributed by atoms with van der Waals surface area (Å²) in [6.07, 6.45) is 1.51. The lowest BCUT2D eigenvalue weighted by atomic mass is 9.88. The lowest BCUT2D eigenvalue weighted by Gasteiger charge is -2.24. The van der Waals surface area contributed by atoms with Crippen molar-refractivity contribution in [1.29, 1.82) is 0 Å². The normalized spacial score (nSPS) is 13.0. The van der Waals surface area contributed by atoms with Crippen LogP contribution in [0.4, 0.5) is 10.1 Å². The highest BCUT2D eigenvalue weighted by molar-refractivity contribution is 6.12. The quantitative estimate of drug-likeness (QED) is 0.141. The fraction of sp³-hybridized carbons (Fsp3) is 0.400. The van der Waals surface area contributed by atoms with Crippen LogP contribution in [0.1, 0.15) is 82.3 Å². The van der Waals surface area contributed by atoms with Gasteiger partial charge in [-0.25, -0.2) is 4.39 Å². The molecule has 0 fully saturated rings. The SMILES string of the molecule is CO[C@H](CCn1c(-c2ccc(F)cc2)c(-c2ccccc2)c(C(=O)Nc2ccccc2)c1C(C)C)C[C@H](CC(=O)CC(C)(C)C)OC. The van der Waals surface area contributed by atoms with Gasteiger partial charge in [0, 0.05) is 57.0 Å². The second kappa shape index (κ2) is 16.2. The van der Waals surface area contributed by atoms with Crippen molar-refractivity contribution in [3.05, 3.63) is 102 Å². The molecule has 0 aliphatic heterocycles. The van der Waals surface area contributed by atoms with Gasteiger partial charge in [0.2, 0.25) is 0 Å². The Hall–Kier alpha value is -4.07. The zero-order valence-corrected chi connectivity index (χ0v) is 28.8. The summed E-state index contributed by atoms with van der Waals surface area (Å²) in [5.41, 5.74) is 5.43. The van der Waals surface area contributed by atoms with Gasteiger partial charge in [-0.3, -0.25) is 9.59 Å². The number of ether oxygens (including phenoxy) is 2. The third-order valence-corrected chi connectivity index (χ3v) is 8.34. The minimum absolute atomic E-state index is 0.0223. The van der Waals surface area contributed by atoms with E-state index in [0.717, 1.165) is 28.1 Å². The van der Waals surface area contributed by atoms with Crippen molar-refractivity contribution in [3.63, 3.8) is 0 Å². The smallest absolute Gasteiger partial charge is 0.258 e. The van der Waals surface area contributed by atoms with Gasteiger partial charge in [-0.2, -0.15) is 0 Å². The van der Waals surface area contributed by atoms with Crippen LogP contribution in [0.5, 0.6) is 0 Å². The van der Waals surface area contributed by atoms with Gasteiger partial charge in [0.05, 0.1) is 23.5 Å². The molecule has 0 spiro atoms. The van der Waals surface area contributed by atoms with Gasteiger partial charge < -0.3 is 19.4 Å². The Balaban J connectivity index is 1.81. The molecule has 1 amide bonds. The van der Waals surface area contributed by atoms with Crippen molar-refractivity contribution in [2.75, 3.05) is 19.5 Å². The van der Waals surface area contributed by atoms with Crippen LogP contribution in [-0.4, -0.2) is 42.7 Å². The maximum Gasteiger partial charge on any atom is 0.258 e. The number of rotatable bonds is 15. The van der Waals surface area contributed by atoms with Crippen molar-refractivity contribution < 1.29 is 23.5 Å². The summed E-state index contributed by atoms with van der Waals surface area (Å²) in [6, 6.07) is 25.8. The fourth-order valence-corrected chi connectivity index (χ4v) is 6.29. The summed E-state index contributed by atoms with van der Waals surface area (Å²) in [5, 5.41) is 3.12. The molecule has 250 valence electrons. The molecule has 0 bridgehead atoms. The monoisotopic (exact) mass is 640 g/mol. The maximum absolute atomic E-state index is 14.3. The molecule has 2 atom stereocenters. The van der Waals surface area contributed by atoms with E-state index in [9.17, 15) is 14.0 Å². The van der Waals surface area contributed by atoms with Crippen LogP contribution < -0.4 is 5.32 Å². The Labute approximate surface area is 279 Å². The van der Waals surface area contributed by atoms with Crippen LogP contribution >= 0.6 is 0 Å². The number of anilines is 1. The van der Waals surface area contributed by atoms with Crippen molar-refractivity contribution >= 4 is 17.4 Å². The Morgan fingerprint density at radius 1 is 0.830 bits per heavy atom. The van der Waals surface area contributed by atoms with E-state index in [-0.39, 0.29) is 41.0 Å². The number of Topliss-reactive ketones (excluding diaryl/α,β-unsaturated/α-hetero) is 1. The second-order valence-corrected chi connectivity index (χ2v) is 13.7. The summed E-state index contributed by atoms with van der Waals surface area (Å²) in [6.45, 7) is 10.9. The van der Waals surface area contributed by atoms with Crippen molar-refractivity contribution in [3.8, 4) is 22.4 Å². The van der Waals surface area contributed by atoms with E-state index in [1.807, 2.05) is 60.7 Å². The molecular formula is C40H49FN2O4. The molecule has 47 heavy (non-hydrogen) atoms. The number of halogens is 1. The van der Waals surface area contributed by atoms with E-state index >= 15 is 0 Å². The number of aromatic nitrogens is 1. The van der Waals surface area contributed by atoms with Crippen LogP contribution in [0.15, 0.2) is 84.9 Å². The average Bonchev–Trinajstić information content (AvgIpc) is 3.38. The predicted molar refractivity (Wildman–Crippen MR) is 188 cm³/mol. The number of ketones is 1. The van der Waals surface area contributed by atoms with E-state index in [1.54, 1.807) is 26.4 Å². The number of hydrogen-bond donors (Lipinski definition) is 1. The van der Waals surface area contributed by atoms with Crippen LogP contribution in [0.2, 0.25) is 0 Å². The molecule has 0 unspecified atom stereocenters. The van der Waals surface area contributed by atoms with E-state index in [2.05, 4.69) is 44.5 Å². The molecule has 0 aliphatic rings. The molecule has 3 aromatic carbocycles. The summed E-state index contributed by atoms with van der Waals surface area (Å²) < 4.78 is 28.2. The minimum atomic E-state index is -0.328. The zero-order valence-electron chi connectivity index (χ0n) is 28.8. The van der Waals surface area contributed by atoms with E-state index < -0.39 is 0 Å². The summed E-state index contributed by atoms with van der Waals surface area (Å²) in [7, 11) is 3.32. The molecule has 0 saturated heterocycles. The van der Waals surface area contributed by atoms with Gasteiger partial charge in [-0.15, -0.1) is 0 Å². The van der Waals surface area contributed by atoms with Crippen LogP contribution in [0.25, 0.3) is 22.4 Å². The van der Waals surface area contributed by atoms with E-state index in [4.69, 9.17) is 9.47 Å². The highest BCUT2D eigenvalue weighted by Crippen LogP contribution is 2.42. The Kier molecular flexibility index (Phi) is 12.3. The highest BCUT2D eigenvalue weighted by atomic mass is 19.1. The molecule has 0 saturated carbocycles. The molecule has 0 radical (unpaired) electrons. The average molecular weight is 641 g/mol. The minimum Gasteiger partial charge on any atom is -0.381 e. The van der Waals surface area contributed by atoms with Crippen molar-refractivity contribution in [2.24, 2.45) is 5.41 Å². The number of nitrogens with zero attached hydrogens (tertiary/aromatic N) is 1. The first-order chi connectivity index (χ1) is 22.4. The first kappa shape index (κ1) is 35.8. The molecule has 0 aliphatic carbocycles. The number of hydrogen-bond acceptors (Lipinski definition) is 4. The van der Waals surface area contributed by atoms with Gasteiger partial charge in [0.15, 0.2) is 0 Å². The first-order valence-corrected chi connectivity index (χ1v) is 16.4. The van der Waals surface area contributed by atoms with Gasteiger partial charge in [-0.1, -0.05) is 83.1 Å². The van der Waals surface area contributed by atoms with Gasteiger partial charge in [0.1, 0.15) is 11.6 Å². The zero-order chi connectivity index (χ0) is 34.1. The molecule has 6 nitrogen and oxygen atoms in total.